The van der Waals surface area contributed by atoms with Gasteiger partial charge in [0.1, 0.15) is 0 Å². The van der Waals surface area contributed by atoms with E-state index in [4.69, 9.17) is 5.73 Å². The molecule has 4 heteroatoms. The summed E-state index contributed by atoms with van der Waals surface area (Å²) < 4.78 is 0. The first kappa shape index (κ1) is 14.3. The number of hydrogen-bond donors (Lipinski definition) is 1. The van der Waals surface area contributed by atoms with Gasteiger partial charge in [-0.2, -0.15) is 0 Å². The Balaban J connectivity index is 1.66. The van der Waals surface area contributed by atoms with Crippen molar-refractivity contribution in [3.63, 3.8) is 0 Å². The topological polar surface area (TPSA) is 35.7 Å². The minimum absolute atomic E-state index is 0.0474. The molecule has 4 nitrogen and oxygen atoms in total. The average molecular weight is 254 g/mol. The molecule has 1 atom stereocenters. The minimum atomic E-state index is 0.0474. The molecule has 0 aromatic carbocycles. The molecule has 1 saturated carbocycles. The lowest BCUT2D eigenvalue weighted by molar-refractivity contribution is 0.104. The van der Waals surface area contributed by atoms with Gasteiger partial charge in [-0.15, -0.1) is 0 Å². The third-order valence-corrected chi connectivity index (χ3v) is 4.40. The predicted octanol–water partition coefficient (Wildman–Crippen LogP) is 0.293. The van der Waals surface area contributed by atoms with Gasteiger partial charge in [-0.25, -0.2) is 0 Å². The van der Waals surface area contributed by atoms with Crippen LogP contribution in [0.1, 0.15) is 19.8 Å². The zero-order valence-corrected chi connectivity index (χ0v) is 12.4. The maximum absolute atomic E-state index is 6.42. The van der Waals surface area contributed by atoms with Crippen LogP contribution in [-0.4, -0.2) is 80.1 Å². The van der Waals surface area contributed by atoms with Gasteiger partial charge in [0, 0.05) is 51.4 Å². The molecule has 0 aromatic heterocycles. The normalized spacial score (nSPS) is 26.5. The number of hydrogen-bond acceptors (Lipinski definition) is 4. The summed E-state index contributed by atoms with van der Waals surface area (Å²) >= 11 is 0. The molecule has 0 amide bonds. The van der Waals surface area contributed by atoms with Crippen LogP contribution in [0.15, 0.2) is 0 Å². The summed E-state index contributed by atoms with van der Waals surface area (Å²) in [5, 5.41) is 0. The molecular formula is C14H30N4. The Hall–Kier alpha value is -0.160. The fourth-order valence-corrected chi connectivity index (χ4v) is 2.87. The van der Waals surface area contributed by atoms with Crippen molar-refractivity contribution in [2.75, 3.05) is 59.9 Å². The molecule has 2 aliphatic rings. The summed E-state index contributed by atoms with van der Waals surface area (Å²) in [6.07, 6.45) is 2.69. The van der Waals surface area contributed by atoms with Crippen molar-refractivity contribution < 1.29 is 0 Å². The second kappa shape index (κ2) is 5.87. The van der Waals surface area contributed by atoms with Crippen molar-refractivity contribution >= 4 is 0 Å². The van der Waals surface area contributed by atoms with Crippen LogP contribution in [0.4, 0.5) is 0 Å². The van der Waals surface area contributed by atoms with Gasteiger partial charge in [-0.05, 0) is 39.8 Å². The highest BCUT2D eigenvalue weighted by Gasteiger charge is 2.39. The second-order valence-electron chi connectivity index (χ2n) is 6.70. The maximum atomic E-state index is 6.42. The van der Waals surface area contributed by atoms with Gasteiger partial charge in [0.15, 0.2) is 0 Å². The quantitative estimate of drug-likeness (QED) is 0.739. The van der Waals surface area contributed by atoms with Gasteiger partial charge < -0.3 is 10.6 Å². The first-order valence-corrected chi connectivity index (χ1v) is 7.36. The number of piperazine rings is 1. The molecule has 2 rings (SSSR count). The van der Waals surface area contributed by atoms with Crippen molar-refractivity contribution in [1.29, 1.82) is 0 Å². The van der Waals surface area contributed by atoms with Gasteiger partial charge in [-0.3, -0.25) is 9.80 Å². The van der Waals surface area contributed by atoms with Crippen molar-refractivity contribution in [1.82, 2.24) is 14.7 Å². The maximum Gasteiger partial charge on any atom is 0.0283 e. The van der Waals surface area contributed by atoms with Crippen molar-refractivity contribution in [2.24, 2.45) is 11.7 Å². The van der Waals surface area contributed by atoms with E-state index in [1.165, 1.54) is 45.6 Å². The molecule has 1 saturated heterocycles. The second-order valence-corrected chi connectivity index (χ2v) is 6.70. The molecule has 0 spiro atoms. The largest absolute Gasteiger partial charge is 0.324 e. The van der Waals surface area contributed by atoms with Crippen LogP contribution >= 0.6 is 0 Å². The van der Waals surface area contributed by atoms with Gasteiger partial charge in [-0.1, -0.05) is 0 Å². The summed E-state index contributed by atoms with van der Waals surface area (Å²) in [7, 11) is 4.29. The van der Waals surface area contributed by atoms with E-state index in [1.54, 1.807) is 0 Å². The molecule has 1 aliphatic carbocycles. The van der Waals surface area contributed by atoms with E-state index < -0.39 is 0 Å². The molecule has 106 valence electrons. The Labute approximate surface area is 112 Å². The summed E-state index contributed by atoms with van der Waals surface area (Å²) in [5.74, 6) is 0.782. The van der Waals surface area contributed by atoms with Crippen LogP contribution < -0.4 is 5.73 Å². The lowest BCUT2D eigenvalue weighted by atomic mass is 9.96. The fraction of sp³-hybridized carbons (Fsp3) is 1.00. The van der Waals surface area contributed by atoms with Crippen LogP contribution in [0.25, 0.3) is 0 Å². The smallest absolute Gasteiger partial charge is 0.0283 e. The highest BCUT2D eigenvalue weighted by molar-refractivity contribution is 4.97. The monoisotopic (exact) mass is 254 g/mol. The molecule has 0 bridgehead atoms. The molecule has 1 aliphatic heterocycles. The van der Waals surface area contributed by atoms with Crippen LogP contribution in [0.3, 0.4) is 0 Å². The van der Waals surface area contributed by atoms with Crippen molar-refractivity contribution in [2.45, 2.75) is 25.3 Å². The summed E-state index contributed by atoms with van der Waals surface area (Å²) in [5.41, 5.74) is 6.47. The fourth-order valence-electron chi connectivity index (χ4n) is 2.87. The van der Waals surface area contributed by atoms with E-state index in [0.29, 0.717) is 0 Å². The first-order valence-electron chi connectivity index (χ1n) is 7.36. The van der Waals surface area contributed by atoms with E-state index in [2.05, 4.69) is 35.7 Å². The van der Waals surface area contributed by atoms with Gasteiger partial charge >= 0.3 is 0 Å². The standard InChI is InChI=1S/C14H30N4/c1-14(15,13-4-5-13)12-18-10-8-17(9-11-18)7-6-16(2)3/h13H,4-12,15H2,1-3H3. The molecule has 2 N–H and O–H groups in total. The van der Waals surface area contributed by atoms with E-state index >= 15 is 0 Å². The van der Waals surface area contributed by atoms with E-state index in [1.807, 2.05) is 0 Å². The van der Waals surface area contributed by atoms with Gasteiger partial charge in [0.05, 0.1) is 0 Å². The lowest BCUT2D eigenvalue weighted by Gasteiger charge is -2.39. The average Bonchev–Trinajstić information content (AvgIpc) is 3.11. The van der Waals surface area contributed by atoms with Gasteiger partial charge in [0.25, 0.3) is 0 Å². The number of nitrogens with two attached hydrogens (primary N) is 1. The highest BCUT2D eigenvalue weighted by atomic mass is 15.3. The Morgan fingerprint density at radius 1 is 1.11 bits per heavy atom. The molecule has 2 fully saturated rings. The predicted molar refractivity (Wildman–Crippen MR) is 76.8 cm³/mol. The van der Waals surface area contributed by atoms with E-state index in [-0.39, 0.29) is 5.54 Å². The van der Waals surface area contributed by atoms with Crippen molar-refractivity contribution in [3.8, 4) is 0 Å². The summed E-state index contributed by atoms with van der Waals surface area (Å²) in [6.45, 7) is 10.5. The summed E-state index contributed by atoms with van der Waals surface area (Å²) in [6, 6.07) is 0. The Bertz CT molecular complexity index is 253. The molecular weight excluding hydrogens is 224 g/mol. The Morgan fingerprint density at radius 3 is 2.17 bits per heavy atom. The molecule has 0 aromatic rings. The van der Waals surface area contributed by atoms with Gasteiger partial charge in [0.2, 0.25) is 0 Å². The molecule has 1 heterocycles. The first-order chi connectivity index (χ1) is 8.47. The zero-order chi connectivity index (χ0) is 13.2. The van der Waals surface area contributed by atoms with Crippen LogP contribution in [0.2, 0.25) is 0 Å². The highest BCUT2D eigenvalue weighted by Crippen LogP contribution is 2.38. The van der Waals surface area contributed by atoms with Crippen LogP contribution in [0.5, 0.6) is 0 Å². The number of rotatable bonds is 6. The van der Waals surface area contributed by atoms with Crippen LogP contribution in [-0.2, 0) is 0 Å². The Morgan fingerprint density at radius 2 is 1.67 bits per heavy atom. The SMILES string of the molecule is CN(C)CCN1CCN(CC(C)(N)C2CC2)CC1. The Kier molecular flexibility index (Phi) is 4.64. The number of nitrogens with zero attached hydrogens (tertiary/aromatic N) is 3. The summed E-state index contributed by atoms with van der Waals surface area (Å²) in [4.78, 5) is 7.39. The molecule has 0 radical (unpaired) electrons. The third-order valence-electron chi connectivity index (χ3n) is 4.40. The molecule has 1 unspecified atom stereocenters. The van der Waals surface area contributed by atoms with Crippen LogP contribution in [0, 0.1) is 5.92 Å². The van der Waals surface area contributed by atoms with Crippen molar-refractivity contribution in [3.05, 3.63) is 0 Å². The van der Waals surface area contributed by atoms with E-state index in [0.717, 1.165) is 19.0 Å². The number of likely N-dealkylation sites (N-methyl/N-ethyl adjacent to an activating group) is 1. The zero-order valence-electron chi connectivity index (χ0n) is 12.4. The minimum Gasteiger partial charge on any atom is -0.324 e. The third kappa shape index (κ3) is 4.19. The van der Waals surface area contributed by atoms with E-state index in [9.17, 15) is 0 Å². The molecule has 18 heavy (non-hydrogen) atoms. The lowest BCUT2D eigenvalue weighted by Crippen LogP contribution is -2.55.